The van der Waals surface area contributed by atoms with Crippen molar-refractivity contribution in [1.29, 1.82) is 0 Å². The van der Waals surface area contributed by atoms with Crippen LogP contribution < -0.4 is 15.9 Å². The Morgan fingerprint density at radius 3 is 1.57 bits per heavy atom. The highest BCUT2D eigenvalue weighted by atomic mass is 31.1. The highest BCUT2D eigenvalue weighted by Gasteiger charge is 2.18. The minimum absolute atomic E-state index is 0.216. The molecule has 0 spiro atoms. The lowest BCUT2D eigenvalue weighted by molar-refractivity contribution is 1.04. The molecule has 0 amide bonds. The third kappa shape index (κ3) is 5.85. The van der Waals surface area contributed by atoms with Crippen molar-refractivity contribution in [2.75, 3.05) is 18.5 Å². The molecule has 0 N–H and O–H groups in total. The molecule has 1 heterocycles. The number of hydrogen-bond donors (Lipinski definition) is 0. The van der Waals surface area contributed by atoms with Gasteiger partial charge in [-0.2, -0.15) is 0 Å². The SMILES string of the molecule is c1ccc(P(CCc2ccccn2)CCP(c2ccccc2)c2ccccc2)cc1. The zero-order valence-corrected chi connectivity index (χ0v) is 18.9. The second-order valence-electron chi connectivity index (χ2n) is 7.22. The first-order valence-corrected chi connectivity index (χ1v) is 13.7. The molecule has 0 fully saturated rings. The highest BCUT2D eigenvalue weighted by Crippen LogP contribution is 2.41. The number of nitrogens with zero attached hydrogens (tertiary/aromatic N) is 1. The van der Waals surface area contributed by atoms with Crippen molar-refractivity contribution in [2.45, 2.75) is 6.42 Å². The normalized spacial score (nSPS) is 12.0. The fourth-order valence-electron chi connectivity index (χ4n) is 3.65. The Bertz CT molecular complexity index is 952. The van der Waals surface area contributed by atoms with Gasteiger partial charge in [-0.05, 0) is 60.9 Å². The number of pyridine rings is 1. The Morgan fingerprint density at radius 2 is 1.03 bits per heavy atom. The summed E-state index contributed by atoms with van der Waals surface area (Å²) in [5.74, 6) is 0. The van der Waals surface area contributed by atoms with E-state index in [1.807, 2.05) is 12.3 Å². The molecule has 1 unspecified atom stereocenters. The fraction of sp³-hybridized carbons (Fsp3) is 0.148. The Morgan fingerprint density at radius 1 is 0.500 bits per heavy atom. The smallest absolute Gasteiger partial charge is 0.0407 e. The van der Waals surface area contributed by atoms with Crippen molar-refractivity contribution >= 4 is 31.8 Å². The molecule has 150 valence electrons. The molecule has 0 radical (unpaired) electrons. The minimum Gasteiger partial charge on any atom is -0.261 e. The largest absolute Gasteiger partial charge is 0.261 e. The van der Waals surface area contributed by atoms with Crippen LogP contribution in [0.25, 0.3) is 0 Å². The van der Waals surface area contributed by atoms with Gasteiger partial charge in [-0.15, -0.1) is 0 Å². The summed E-state index contributed by atoms with van der Waals surface area (Å²) < 4.78 is 0. The van der Waals surface area contributed by atoms with Crippen LogP contribution in [0.5, 0.6) is 0 Å². The van der Waals surface area contributed by atoms with E-state index in [0.29, 0.717) is 0 Å². The molecule has 0 saturated heterocycles. The summed E-state index contributed by atoms with van der Waals surface area (Å²) in [6.07, 6.45) is 6.64. The summed E-state index contributed by atoms with van der Waals surface area (Å²) in [5.41, 5.74) is 1.20. The maximum Gasteiger partial charge on any atom is 0.0407 e. The molecule has 3 aromatic carbocycles. The monoisotopic (exact) mass is 427 g/mol. The third-order valence-electron chi connectivity index (χ3n) is 5.21. The molecule has 4 aromatic rings. The van der Waals surface area contributed by atoms with Gasteiger partial charge < -0.3 is 0 Å². The van der Waals surface area contributed by atoms with Gasteiger partial charge in [0, 0.05) is 11.9 Å². The molecular formula is C27H27NP2. The van der Waals surface area contributed by atoms with Gasteiger partial charge >= 0.3 is 0 Å². The van der Waals surface area contributed by atoms with Crippen LogP contribution in [0.2, 0.25) is 0 Å². The van der Waals surface area contributed by atoms with Crippen LogP contribution in [0.1, 0.15) is 5.69 Å². The van der Waals surface area contributed by atoms with Crippen LogP contribution >= 0.6 is 15.8 Å². The van der Waals surface area contributed by atoms with Gasteiger partial charge in [0.05, 0.1) is 0 Å². The lowest BCUT2D eigenvalue weighted by Gasteiger charge is -2.23. The average molecular weight is 427 g/mol. The van der Waals surface area contributed by atoms with E-state index in [9.17, 15) is 0 Å². The average Bonchev–Trinajstić information content (AvgIpc) is 2.84. The third-order valence-corrected chi connectivity index (χ3v) is 10.6. The molecule has 0 aliphatic heterocycles. The molecule has 30 heavy (non-hydrogen) atoms. The first-order valence-electron chi connectivity index (χ1n) is 10.5. The summed E-state index contributed by atoms with van der Waals surface area (Å²) in [6.45, 7) is 0. The lowest BCUT2D eigenvalue weighted by Crippen LogP contribution is -2.17. The van der Waals surface area contributed by atoms with Gasteiger partial charge in [-0.1, -0.05) is 105 Å². The molecule has 1 aromatic heterocycles. The van der Waals surface area contributed by atoms with Crippen molar-refractivity contribution in [1.82, 2.24) is 4.98 Å². The van der Waals surface area contributed by atoms with Crippen molar-refractivity contribution < 1.29 is 0 Å². The van der Waals surface area contributed by atoms with Gasteiger partial charge in [0.2, 0.25) is 0 Å². The summed E-state index contributed by atoms with van der Waals surface area (Å²) in [5, 5.41) is 4.47. The quantitative estimate of drug-likeness (QED) is 0.319. The van der Waals surface area contributed by atoms with E-state index in [4.69, 9.17) is 0 Å². The fourth-order valence-corrected chi connectivity index (χ4v) is 9.13. The zero-order valence-electron chi connectivity index (χ0n) is 17.1. The minimum atomic E-state index is -0.338. The predicted molar refractivity (Wildman–Crippen MR) is 135 cm³/mol. The van der Waals surface area contributed by atoms with E-state index < -0.39 is 0 Å². The lowest BCUT2D eigenvalue weighted by atomic mass is 10.3. The summed E-state index contributed by atoms with van der Waals surface area (Å²) >= 11 is 0. The first kappa shape index (κ1) is 20.9. The summed E-state index contributed by atoms with van der Waals surface area (Å²) in [4.78, 5) is 4.55. The van der Waals surface area contributed by atoms with Crippen LogP contribution in [-0.2, 0) is 6.42 Å². The standard InChI is InChI=1S/C27H27NP2/c1-4-13-25(14-5-1)29(21-19-24-12-10-11-20-28-24)22-23-30(26-15-6-2-7-16-26)27-17-8-3-9-18-27/h1-18,20H,19,21-23H2. The maximum absolute atomic E-state index is 4.55. The van der Waals surface area contributed by atoms with Crippen LogP contribution in [-0.4, -0.2) is 23.5 Å². The maximum atomic E-state index is 4.55. The van der Waals surface area contributed by atoms with E-state index in [-0.39, 0.29) is 15.8 Å². The Balaban J connectivity index is 1.53. The van der Waals surface area contributed by atoms with Gasteiger partial charge in [-0.3, -0.25) is 4.98 Å². The predicted octanol–water partition coefficient (Wildman–Crippen LogP) is 5.56. The Labute approximate surface area is 182 Å². The highest BCUT2D eigenvalue weighted by molar-refractivity contribution is 7.74. The first-order chi connectivity index (χ1) is 14.9. The summed E-state index contributed by atoms with van der Waals surface area (Å²) in [6, 6.07) is 39.5. The second-order valence-corrected chi connectivity index (χ2v) is 12.0. The van der Waals surface area contributed by atoms with Crippen LogP contribution in [0, 0.1) is 0 Å². The molecule has 3 heteroatoms. The number of aromatic nitrogens is 1. The van der Waals surface area contributed by atoms with Gasteiger partial charge in [0.15, 0.2) is 0 Å². The Hall–Kier alpha value is -2.33. The second kappa shape index (κ2) is 11.2. The van der Waals surface area contributed by atoms with E-state index in [0.717, 1.165) is 6.42 Å². The van der Waals surface area contributed by atoms with Gasteiger partial charge in [-0.25, -0.2) is 0 Å². The molecule has 1 atom stereocenters. The van der Waals surface area contributed by atoms with Crippen LogP contribution in [0.3, 0.4) is 0 Å². The van der Waals surface area contributed by atoms with Crippen molar-refractivity contribution in [3.05, 3.63) is 121 Å². The van der Waals surface area contributed by atoms with E-state index in [2.05, 4.69) is 108 Å². The number of benzene rings is 3. The molecule has 1 nitrogen and oxygen atoms in total. The molecule has 4 rings (SSSR count). The van der Waals surface area contributed by atoms with Crippen molar-refractivity contribution in [3.8, 4) is 0 Å². The van der Waals surface area contributed by atoms with Crippen LogP contribution in [0.4, 0.5) is 0 Å². The zero-order chi connectivity index (χ0) is 20.4. The number of rotatable bonds is 9. The summed E-state index contributed by atoms with van der Waals surface area (Å²) in [7, 11) is -0.555. The van der Waals surface area contributed by atoms with E-state index in [1.165, 1.54) is 40.1 Å². The molecular weight excluding hydrogens is 400 g/mol. The molecule has 0 aliphatic rings. The van der Waals surface area contributed by atoms with Gasteiger partial charge in [0.25, 0.3) is 0 Å². The molecule has 0 bridgehead atoms. The van der Waals surface area contributed by atoms with E-state index in [1.54, 1.807) is 0 Å². The van der Waals surface area contributed by atoms with Crippen LogP contribution in [0.15, 0.2) is 115 Å². The van der Waals surface area contributed by atoms with Gasteiger partial charge in [0.1, 0.15) is 0 Å². The topological polar surface area (TPSA) is 12.9 Å². The van der Waals surface area contributed by atoms with E-state index >= 15 is 0 Å². The Kier molecular flexibility index (Phi) is 7.79. The molecule has 0 aliphatic carbocycles. The number of hydrogen-bond acceptors (Lipinski definition) is 1. The van der Waals surface area contributed by atoms with Crippen molar-refractivity contribution in [2.24, 2.45) is 0 Å². The molecule has 0 saturated carbocycles. The van der Waals surface area contributed by atoms with Crippen molar-refractivity contribution in [3.63, 3.8) is 0 Å². The number of aryl methyl sites for hydroxylation is 1.